The smallest absolute Gasteiger partial charge is 0.159 e. The normalized spacial score (nSPS) is 13.3. The average molecular weight is 734 g/mol. The Morgan fingerprint density at radius 1 is 0.429 bits per heavy atom. The molecule has 1 aliphatic rings. The van der Waals surface area contributed by atoms with Crippen LogP contribution in [0.25, 0.3) is 85.9 Å². The summed E-state index contributed by atoms with van der Waals surface area (Å²) >= 11 is 1.90. The zero-order chi connectivity index (χ0) is 37.1. The van der Waals surface area contributed by atoms with E-state index in [1.54, 1.807) is 0 Å². The van der Waals surface area contributed by atoms with E-state index in [1.165, 1.54) is 69.7 Å². The van der Waals surface area contributed by atoms with E-state index in [-0.39, 0.29) is 5.41 Å². The standard InChI is InChI=1S/C53H35NOS/c1-53(2)46-22-8-7-18-40(46)41-29-26-36(31-47(41)53)54(48-23-11-20-42-43-27-24-32-12-3-5-16-37(32)49(43)55-50(42)48)35-15-9-14-34(30-35)39-19-10-21-44-45-28-25-33-13-4-6-17-38(33)51(45)56-52(39)44/h3-31H,1-2H3. The van der Waals surface area contributed by atoms with Crippen LogP contribution in [-0.2, 0) is 5.41 Å². The highest BCUT2D eigenvalue weighted by molar-refractivity contribution is 7.27. The highest BCUT2D eigenvalue weighted by atomic mass is 32.1. The Hall–Kier alpha value is -6.68. The van der Waals surface area contributed by atoms with Crippen molar-refractivity contribution < 1.29 is 4.42 Å². The largest absolute Gasteiger partial charge is 0.453 e. The average Bonchev–Trinajstić information content (AvgIpc) is 3.90. The Kier molecular flexibility index (Phi) is 6.59. The molecule has 0 amide bonds. The van der Waals surface area contributed by atoms with Crippen molar-refractivity contribution in [1.29, 1.82) is 0 Å². The van der Waals surface area contributed by atoms with E-state index < -0.39 is 0 Å². The van der Waals surface area contributed by atoms with E-state index in [9.17, 15) is 0 Å². The van der Waals surface area contributed by atoms with Gasteiger partial charge in [0.25, 0.3) is 0 Å². The fourth-order valence-electron chi connectivity index (χ4n) is 9.51. The van der Waals surface area contributed by atoms with Gasteiger partial charge in [-0.25, -0.2) is 0 Å². The quantitative estimate of drug-likeness (QED) is 0.179. The van der Waals surface area contributed by atoms with Crippen LogP contribution >= 0.6 is 11.3 Å². The van der Waals surface area contributed by atoms with Crippen molar-refractivity contribution in [2.45, 2.75) is 19.3 Å². The summed E-state index contributed by atoms with van der Waals surface area (Å²) < 4.78 is 9.66. The Labute approximate surface area is 328 Å². The van der Waals surface area contributed by atoms with Crippen LogP contribution in [0.3, 0.4) is 0 Å². The molecule has 2 heterocycles. The van der Waals surface area contributed by atoms with Gasteiger partial charge < -0.3 is 9.32 Å². The molecule has 11 aromatic rings. The van der Waals surface area contributed by atoms with Gasteiger partial charge in [-0.15, -0.1) is 11.3 Å². The van der Waals surface area contributed by atoms with Crippen LogP contribution in [0.1, 0.15) is 25.0 Å². The maximum Gasteiger partial charge on any atom is 0.159 e. The summed E-state index contributed by atoms with van der Waals surface area (Å²) in [6, 6.07) is 64.5. The van der Waals surface area contributed by atoms with Crippen molar-refractivity contribution in [2.24, 2.45) is 0 Å². The fraction of sp³-hybridized carbons (Fsp3) is 0.0566. The first-order valence-electron chi connectivity index (χ1n) is 19.3. The van der Waals surface area contributed by atoms with E-state index in [0.717, 1.165) is 44.4 Å². The van der Waals surface area contributed by atoms with E-state index in [4.69, 9.17) is 4.42 Å². The van der Waals surface area contributed by atoms with Gasteiger partial charge in [-0.2, -0.15) is 0 Å². The fourth-order valence-corrected chi connectivity index (χ4v) is 10.9. The second-order valence-electron chi connectivity index (χ2n) is 15.7. The number of anilines is 3. The second kappa shape index (κ2) is 11.7. The number of rotatable bonds is 4. The lowest BCUT2D eigenvalue weighted by molar-refractivity contribution is 0.660. The predicted octanol–water partition coefficient (Wildman–Crippen LogP) is 15.7. The topological polar surface area (TPSA) is 16.4 Å². The Morgan fingerprint density at radius 3 is 1.95 bits per heavy atom. The molecule has 0 atom stereocenters. The zero-order valence-corrected chi connectivity index (χ0v) is 31.8. The molecule has 12 rings (SSSR count). The number of fused-ring (bicyclic) bond motifs is 13. The lowest BCUT2D eigenvalue weighted by Crippen LogP contribution is -2.16. The maximum absolute atomic E-state index is 7.01. The summed E-state index contributed by atoms with van der Waals surface area (Å²) in [5.41, 5.74) is 12.6. The second-order valence-corrected chi connectivity index (χ2v) is 16.7. The molecular weight excluding hydrogens is 699 g/mol. The summed E-state index contributed by atoms with van der Waals surface area (Å²) in [6.45, 7) is 4.71. The molecule has 0 bridgehead atoms. The first-order valence-corrected chi connectivity index (χ1v) is 20.2. The van der Waals surface area contributed by atoms with E-state index in [2.05, 4.69) is 195 Å². The molecule has 1 aliphatic carbocycles. The molecule has 0 aliphatic heterocycles. The van der Waals surface area contributed by atoms with Gasteiger partial charge in [0.05, 0.1) is 5.69 Å². The monoisotopic (exact) mass is 733 g/mol. The van der Waals surface area contributed by atoms with Gasteiger partial charge in [0.2, 0.25) is 0 Å². The molecule has 56 heavy (non-hydrogen) atoms. The summed E-state index contributed by atoms with van der Waals surface area (Å²) in [5.74, 6) is 0. The predicted molar refractivity (Wildman–Crippen MR) is 239 cm³/mol. The van der Waals surface area contributed by atoms with E-state index >= 15 is 0 Å². The number of hydrogen-bond acceptors (Lipinski definition) is 3. The molecule has 0 spiro atoms. The molecule has 3 heteroatoms. The van der Waals surface area contributed by atoms with Gasteiger partial charge in [0.1, 0.15) is 5.58 Å². The molecular formula is C53H35NOS. The van der Waals surface area contributed by atoms with Gasteiger partial charge >= 0.3 is 0 Å². The summed E-state index contributed by atoms with van der Waals surface area (Å²) in [5, 5.41) is 9.74. The molecule has 0 radical (unpaired) electrons. The number of nitrogens with zero attached hydrogens (tertiary/aromatic N) is 1. The minimum absolute atomic E-state index is 0.138. The van der Waals surface area contributed by atoms with Crippen LogP contribution in [-0.4, -0.2) is 0 Å². The van der Waals surface area contributed by atoms with Crippen LogP contribution in [0.2, 0.25) is 0 Å². The zero-order valence-electron chi connectivity index (χ0n) is 31.0. The van der Waals surface area contributed by atoms with Crippen molar-refractivity contribution >= 4 is 92.1 Å². The third kappa shape index (κ3) is 4.43. The third-order valence-electron chi connectivity index (χ3n) is 12.2. The molecule has 0 saturated heterocycles. The van der Waals surface area contributed by atoms with E-state index in [0.29, 0.717) is 0 Å². The van der Waals surface area contributed by atoms with E-state index in [1.807, 2.05) is 11.3 Å². The van der Waals surface area contributed by atoms with Crippen molar-refractivity contribution in [3.8, 4) is 22.3 Å². The third-order valence-corrected chi connectivity index (χ3v) is 13.5. The lowest BCUT2D eigenvalue weighted by Gasteiger charge is -2.28. The highest BCUT2D eigenvalue weighted by Crippen LogP contribution is 2.52. The van der Waals surface area contributed by atoms with Crippen molar-refractivity contribution in [2.75, 3.05) is 4.90 Å². The van der Waals surface area contributed by atoms with Crippen LogP contribution in [0.15, 0.2) is 180 Å². The van der Waals surface area contributed by atoms with Crippen LogP contribution in [0.5, 0.6) is 0 Å². The van der Waals surface area contributed by atoms with Crippen LogP contribution in [0.4, 0.5) is 17.1 Å². The lowest BCUT2D eigenvalue weighted by atomic mass is 9.82. The van der Waals surface area contributed by atoms with Crippen molar-refractivity contribution in [3.05, 3.63) is 187 Å². The molecule has 0 fully saturated rings. The van der Waals surface area contributed by atoms with Gasteiger partial charge in [0, 0.05) is 53.1 Å². The van der Waals surface area contributed by atoms with Gasteiger partial charge in [-0.05, 0) is 85.9 Å². The van der Waals surface area contributed by atoms with Gasteiger partial charge in [-0.3, -0.25) is 0 Å². The molecule has 0 unspecified atom stereocenters. The van der Waals surface area contributed by atoms with Gasteiger partial charge in [0.15, 0.2) is 5.58 Å². The minimum atomic E-state index is -0.138. The van der Waals surface area contributed by atoms with Crippen LogP contribution < -0.4 is 4.90 Å². The minimum Gasteiger partial charge on any atom is -0.453 e. The Bertz CT molecular complexity index is 3420. The first kappa shape index (κ1) is 31.6. The highest BCUT2D eigenvalue weighted by Gasteiger charge is 2.36. The summed E-state index contributed by atoms with van der Waals surface area (Å²) in [6.07, 6.45) is 0. The van der Waals surface area contributed by atoms with Crippen molar-refractivity contribution in [1.82, 2.24) is 0 Å². The first-order chi connectivity index (χ1) is 27.5. The molecule has 0 N–H and O–H groups in total. The molecule has 9 aromatic carbocycles. The number of benzene rings is 9. The molecule has 2 aromatic heterocycles. The van der Waals surface area contributed by atoms with Crippen molar-refractivity contribution in [3.63, 3.8) is 0 Å². The molecule has 264 valence electrons. The number of para-hydroxylation sites is 1. The SMILES string of the molecule is CC1(C)c2ccccc2-c2ccc(N(c3cccc(-c4cccc5c4sc4c6ccccc6ccc54)c3)c3cccc4c3oc3c5ccccc5ccc43)cc21. The molecule has 2 nitrogen and oxygen atoms in total. The number of furan rings is 1. The Morgan fingerprint density at radius 2 is 1.05 bits per heavy atom. The summed E-state index contributed by atoms with van der Waals surface area (Å²) in [7, 11) is 0. The molecule has 0 saturated carbocycles. The van der Waals surface area contributed by atoms with Crippen LogP contribution in [0, 0.1) is 0 Å². The number of hydrogen-bond donors (Lipinski definition) is 0. The van der Waals surface area contributed by atoms with Gasteiger partial charge in [-0.1, -0.05) is 153 Å². The summed E-state index contributed by atoms with van der Waals surface area (Å²) in [4.78, 5) is 2.41. The maximum atomic E-state index is 7.01. The number of thiophene rings is 1. The Balaban J connectivity index is 1.10.